The van der Waals surface area contributed by atoms with Gasteiger partial charge in [0.15, 0.2) is 19.5 Å². The molecule has 8 heteroatoms. The topological polar surface area (TPSA) is 18.5 Å². The summed E-state index contributed by atoms with van der Waals surface area (Å²) in [6.07, 6.45) is 12.3. The molecule has 0 saturated heterocycles. The molecule has 0 fully saturated rings. The molecule has 0 saturated carbocycles. The fourth-order valence-corrected chi connectivity index (χ4v) is 14.0. The van der Waals surface area contributed by atoms with Gasteiger partial charge in [0.1, 0.15) is 0 Å². The van der Waals surface area contributed by atoms with Gasteiger partial charge in [-0.25, -0.2) is 0 Å². The first-order valence-electron chi connectivity index (χ1n) is 12.4. The smallest absolute Gasteiger partial charge is 0.162 e. The molecule has 0 aromatic carbocycles. The third-order valence-corrected chi connectivity index (χ3v) is 16.0. The Bertz CT molecular complexity index is 337. The number of hydrogen-bond donors (Lipinski definition) is 0. The van der Waals surface area contributed by atoms with E-state index in [1.807, 2.05) is 41.2 Å². The zero-order valence-corrected chi connectivity index (χ0v) is 26.9. The van der Waals surface area contributed by atoms with Crippen molar-refractivity contribution in [3.8, 4) is 0 Å². The summed E-state index contributed by atoms with van der Waals surface area (Å²) in [5.41, 5.74) is 0.404. The standard InChI is InChI=1S/C22H50O2S4Si2/c1-7-15-21(9-3,10-4)23-29-19-13-17-25-27-28-26-18-14-20-30-24-22(11-5,12-6)16-8-2/h7-20,29-30H2,1-6H3. The van der Waals surface area contributed by atoms with Crippen LogP contribution in [0, 0.1) is 0 Å². The van der Waals surface area contributed by atoms with Gasteiger partial charge in [0, 0.05) is 11.5 Å². The molecular weight excluding hydrogens is 481 g/mol. The maximum atomic E-state index is 6.42. The zero-order chi connectivity index (χ0) is 22.6. The Balaban J connectivity index is 3.52. The zero-order valence-electron chi connectivity index (χ0n) is 20.8. The maximum absolute atomic E-state index is 6.42. The number of rotatable bonds is 23. The average Bonchev–Trinajstić information content (AvgIpc) is 2.77. The molecular formula is C22H50O2S4Si2. The molecule has 0 aliphatic rings. The first-order chi connectivity index (χ1) is 14.6. The second-order valence-corrected chi connectivity index (χ2v) is 17.2. The summed E-state index contributed by atoms with van der Waals surface area (Å²) in [5, 5.41) is 0. The van der Waals surface area contributed by atoms with E-state index in [0.29, 0.717) is 0 Å². The van der Waals surface area contributed by atoms with E-state index in [4.69, 9.17) is 8.85 Å². The van der Waals surface area contributed by atoms with E-state index in [-0.39, 0.29) is 30.7 Å². The van der Waals surface area contributed by atoms with Crippen molar-refractivity contribution in [2.45, 2.75) is 129 Å². The van der Waals surface area contributed by atoms with Crippen LogP contribution in [0.4, 0.5) is 0 Å². The maximum Gasteiger partial charge on any atom is 0.162 e. The second kappa shape index (κ2) is 21.3. The van der Waals surface area contributed by atoms with Gasteiger partial charge < -0.3 is 8.85 Å². The molecule has 0 aromatic rings. The normalized spacial score (nSPS) is 13.4. The highest BCUT2D eigenvalue weighted by Crippen LogP contribution is 2.43. The van der Waals surface area contributed by atoms with E-state index in [9.17, 15) is 0 Å². The van der Waals surface area contributed by atoms with Crippen LogP contribution in [0.3, 0.4) is 0 Å². The molecule has 0 radical (unpaired) electrons. The largest absolute Gasteiger partial charge is 0.419 e. The van der Waals surface area contributed by atoms with Crippen LogP contribution in [0.2, 0.25) is 12.1 Å². The van der Waals surface area contributed by atoms with Crippen LogP contribution < -0.4 is 0 Å². The van der Waals surface area contributed by atoms with Crippen LogP contribution in [-0.4, -0.2) is 42.2 Å². The van der Waals surface area contributed by atoms with E-state index in [1.165, 1.54) is 87.8 Å². The predicted octanol–water partition coefficient (Wildman–Crippen LogP) is 8.20. The van der Waals surface area contributed by atoms with Gasteiger partial charge in [-0.3, -0.25) is 0 Å². The second-order valence-electron chi connectivity index (χ2n) is 8.17. The molecule has 0 aliphatic carbocycles. The fraction of sp³-hybridized carbons (Fsp3) is 1.00. The van der Waals surface area contributed by atoms with Gasteiger partial charge in [-0.15, -0.1) is 0 Å². The van der Waals surface area contributed by atoms with Crippen molar-refractivity contribution in [1.82, 2.24) is 0 Å². The third kappa shape index (κ3) is 14.8. The van der Waals surface area contributed by atoms with E-state index < -0.39 is 0 Å². The van der Waals surface area contributed by atoms with E-state index in [2.05, 4.69) is 41.5 Å². The van der Waals surface area contributed by atoms with E-state index in [0.717, 1.165) is 0 Å². The Morgan fingerprint density at radius 1 is 0.600 bits per heavy atom. The van der Waals surface area contributed by atoms with Crippen molar-refractivity contribution in [2.75, 3.05) is 11.5 Å². The summed E-state index contributed by atoms with van der Waals surface area (Å²) in [6.45, 7) is 13.7. The summed E-state index contributed by atoms with van der Waals surface area (Å²) >= 11 is 0. The van der Waals surface area contributed by atoms with Gasteiger partial charge in [-0.1, -0.05) is 76.0 Å². The van der Waals surface area contributed by atoms with Gasteiger partial charge in [0.05, 0.1) is 11.2 Å². The Morgan fingerprint density at radius 2 is 0.967 bits per heavy atom. The van der Waals surface area contributed by atoms with Gasteiger partial charge >= 0.3 is 0 Å². The van der Waals surface area contributed by atoms with Crippen molar-refractivity contribution < 1.29 is 8.85 Å². The molecule has 0 N–H and O–H groups in total. The highest BCUT2D eigenvalue weighted by molar-refractivity contribution is 9.26. The van der Waals surface area contributed by atoms with Crippen LogP contribution in [0.1, 0.15) is 106 Å². The van der Waals surface area contributed by atoms with Crippen LogP contribution in [0.5, 0.6) is 0 Å². The van der Waals surface area contributed by atoms with Gasteiger partial charge in [0.2, 0.25) is 0 Å². The molecule has 0 heterocycles. The van der Waals surface area contributed by atoms with Crippen molar-refractivity contribution in [1.29, 1.82) is 0 Å². The Kier molecular flexibility index (Phi) is 22.5. The van der Waals surface area contributed by atoms with Crippen LogP contribution in [0.25, 0.3) is 0 Å². The van der Waals surface area contributed by atoms with Crippen LogP contribution in [-0.2, 0) is 8.85 Å². The third-order valence-electron chi connectivity index (χ3n) is 6.17. The Labute approximate surface area is 209 Å². The number of hydrogen-bond acceptors (Lipinski definition) is 6. The van der Waals surface area contributed by atoms with Crippen molar-refractivity contribution in [2.24, 2.45) is 0 Å². The minimum Gasteiger partial charge on any atom is -0.419 e. The molecule has 0 amide bonds. The molecule has 0 spiro atoms. The van der Waals surface area contributed by atoms with E-state index >= 15 is 0 Å². The molecule has 2 nitrogen and oxygen atoms in total. The van der Waals surface area contributed by atoms with Gasteiger partial charge in [-0.05, 0) is 83.1 Å². The van der Waals surface area contributed by atoms with Gasteiger partial charge in [-0.2, -0.15) is 0 Å². The first kappa shape index (κ1) is 31.8. The lowest BCUT2D eigenvalue weighted by molar-refractivity contribution is 0.0538. The predicted molar refractivity (Wildman–Crippen MR) is 155 cm³/mol. The molecule has 0 unspecified atom stereocenters. The lowest BCUT2D eigenvalue weighted by Crippen LogP contribution is -2.32. The fourth-order valence-electron chi connectivity index (χ4n) is 3.88. The summed E-state index contributed by atoms with van der Waals surface area (Å²) in [7, 11) is 7.28. The lowest BCUT2D eigenvalue weighted by Gasteiger charge is -2.32. The summed E-state index contributed by atoms with van der Waals surface area (Å²) in [5.74, 6) is 2.53. The Hall–Kier alpha value is 1.75. The summed E-state index contributed by atoms with van der Waals surface area (Å²) in [4.78, 5) is 0. The highest BCUT2D eigenvalue weighted by Gasteiger charge is 2.25. The molecule has 0 aliphatic heterocycles. The lowest BCUT2D eigenvalue weighted by atomic mass is 9.92. The van der Waals surface area contributed by atoms with Gasteiger partial charge in [0.25, 0.3) is 0 Å². The minimum absolute atomic E-state index is 0.202. The monoisotopic (exact) mass is 530 g/mol. The minimum atomic E-state index is -0.351. The van der Waals surface area contributed by atoms with Crippen molar-refractivity contribution in [3.05, 3.63) is 0 Å². The van der Waals surface area contributed by atoms with Crippen LogP contribution in [0.15, 0.2) is 0 Å². The summed E-state index contributed by atoms with van der Waals surface area (Å²) < 4.78 is 12.8. The van der Waals surface area contributed by atoms with Crippen molar-refractivity contribution >= 4 is 60.8 Å². The van der Waals surface area contributed by atoms with Crippen molar-refractivity contribution in [3.63, 3.8) is 0 Å². The average molecular weight is 531 g/mol. The highest BCUT2D eigenvalue weighted by atomic mass is 33.7. The molecule has 182 valence electrons. The molecule has 0 aromatic heterocycles. The SMILES string of the molecule is CCCC(CC)(CC)O[SiH2]CCCSSSSCCC[SiH2]OC(CC)(CC)CCC. The summed E-state index contributed by atoms with van der Waals surface area (Å²) in [6, 6.07) is 2.66. The first-order valence-corrected chi connectivity index (χ1v) is 20.7. The molecule has 0 bridgehead atoms. The molecule has 0 rings (SSSR count). The molecule has 30 heavy (non-hydrogen) atoms. The molecule has 0 atom stereocenters. The van der Waals surface area contributed by atoms with Crippen LogP contribution >= 0.6 is 41.2 Å². The Morgan fingerprint density at radius 3 is 1.27 bits per heavy atom. The van der Waals surface area contributed by atoms with E-state index in [1.54, 1.807) is 0 Å². The quantitative estimate of drug-likeness (QED) is 0.0747.